The van der Waals surface area contributed by atoms with Crippen LogP contribution in [0.2, 0.25) is 5.02 Å². The third kappa shape index (κ3) is 12.9. The van der Waals surface area contributed by atoms with Gasteiger partial charge in [-0.1, -0.05) is 43.6 Å². The summed E-state index contributed by atoms with van der Waals surface area (Å²) < 4.78 is 49.5. The topological polar surface area (TPSA) is 189 Å². The van der Waals surface area contributed by atoms with E-state index in [1.54, 1.807) is 36.4 Å². The van der Waals surface area contributed by atoms with Crippen molar-refractivity contribution < 1.29 is 41.8 Å². The van der Waals surface area contributed by atoms with Crippen LogP contribution in [0.25, 0.3) is 0 Å². The first-order valence-corrected chi connectivity index (χ1v) is 18.8. The van der Waals surface area contributed by atoms with Crippen LogP contribution in [-0.2, 0) is 19.9 Å². The molecule has 0 aliphatic heterocycles. The molecule has 1 saturated carbocycles. The number of benzene rings is 3. The number of rotatable bonds is 19. The predicted molar refractivity (Wildman–Crippen MR) is 211 cm³/mol. The number of alkyl halides is 3. The van der Waals surface area contributed by atoms with Crippen molar-refractivity contribution >= 4 is 69.4 Å². The lowest BCUT2D eigenvalue weighted by Gasteiger charge is -2.19. The monoisotopic (exact) mass is 845 g/mol. The summed E-state index contributed by atoms with van der Waals surface area (Å²) in [4.78, 5) is 64.9. The second-order valence-corrected chi connectivity index (χ2v) is 13.8. The number of anilines is 4. The molecule has 5 rings (SSSR count). The van der Waals surface area contributed by atoms with Crippen molar-refractivity contribution in [3.63, 3.8) is 0 Å². The molecule has 0 bridgehead atoms. The first-order chi connectivity index (χ1) is 27.6. The summed E-state index contributed by atoms with van der Waals surface area (Å²) in [5, 5.41) is 12.7. The third-order valence-electron chi connectivity index (χ3n) is 8.80. The van der Waals surface area contributed by atoms with E-state index < -0.39 is 59.9 Å². The summed E-state index contributed by atoms with van der Waals surface area (Å²) in [7, 11) is 0. The molecule has 20 heteroatoms. The number of aromatic nitrogens is 3. The molecule has 0 saturated heterocycles. The summed E-state index contributed by atoms with van der Waals surface area (Å²) >= 11 is 11.7. The summed E-state index contributed by atoms with van der Waals surface area (Å²) in [6.45, 7) is 4.89. The van der Waals surface area contributed by atoms with Crippen LogP contribution in [0.4, 0.5) is 36.4 Å². The van der Waals surface area contributed by atoms with Crippen LogP contribution in [0.1, 0.15) is 42.6 Å². The number of nitrogens with one attached hydrogen (secondary N) is 5. The van der Waals surface area contributed by atoms with Gasteiger partial charge in [-0.25, -0.2) is 0 Å². The molecule has 0 unspecified atom stereocenters. The lowest BCUT2D eigenvalue weighted by molar-refractivity contribution is -0.154. The number of hydrogen-bond donors (Lipinski definition) is 5. The van der Waals surface area contributed by atoms with Crippen LogP contribution in [-0.4, -0.2) is 94.4 Å². The maximum atomic E-state index is 13.0. The maximum absolute atomic E-state index is 13.0. The van der Waals surface area contributed by atoms with Gasteiger partial charge in [0.25, 0.3) is 5.91 Å². The summed E-state index contributed by atoms with van der Waals surface area (Å²) in [5.74, 6) is -2.55. The van der Waals surface area contributed by atoms with Crippen LogP contribution < -0.4 is 36.1 Å². The lowest BCUT2D eigenvalue weighted by Crippen LogP contribution is -2.49. The summed E-state index contributed by atoms with van der Waals surface area (Å²) in [5.41, 5.74) is 1.02. The molecule has 4 aromatic rings. The molecule has 1 heterocycles. The lowest BCUT2D eigenvalue weighted by atomic mass is 10.1. The zero-order valence-electron chi connectivity index (χ0n) is 31.3. The third-order valence-corrected chi connectivity index (χ3v) is 9.31. The first kappa shape index (κ1) is 43.4. The van der Waals surface area contributed by atoms with E-state index >= 15 is 0 Å². The Morgan fingerprint density at radius 2 is 1.57 bits per heavy atom. The molecule has 1 aliphatic carbocycles. The number of hydrogen-bond acceptors (Lipinski definition) is 12. The fraction of sp³-hybridized carbons (Fsp3) is 0.342. The van der Waals surface area contributed by atoms with Crippen LogP contribution in [0.3, 0.4) is 0 Å². The fourth-order valence-corrected chi connectivity index (χ4v) is 5.75. The van der Waals surface area contributed by atoms with Gasteiger partial charge in [0.15, 0.2) is 6.61 Å². The number of likely N-dealkylation sites (N-methyl/N-ethyl adjacent to an activating group) is 1. The quantitative estimate of drug-likeness (QED) is 0.0578. The van der Waals surface area contributed by atoms with Crippen LogP contribution in [0.15, 0.2) is 72.8 Å². The van der Waals surface area contributed by atoms with Gasteiger partial charge >= 0.3 is 24.0 Å². The minimum Gasteiger partial charge on any atom is -0.492 e. The van der Waals surface area contributed by atoms with Crippen molar-refractivity contribution in [1.82, 2.24) is 30.5 Å². The molecule has 1 aromatic heterocycles. The highest BCUT2D eigenvalue weighted by Gasteiger charge is 2.45. The van der Waals surface area contributed by atoms with Crippen molar-refractivity contribution in [3.05, 3.63) is 88.9 Å². The molecule has 1 atom stereocenters. The van der Waals surface area contributed by atoms with E-state index in [2.05, 4.69) is 60.3 Å². The molecule has 58 heavy (non-hydrogen) atoms. The van der Waals surface area contributed by atoms with Gasteiger partial charge < -0.3 is 41.0 Å². The molecule has 3 amide bonds. The van der Waals surface area contributed by atoms with Gasteiger partial charge in [-0.05, 0) is 91.6 Å². The van der Waals surface area contributed by atoms with E-state index in [0.717, 1.165) is 25.2 Å². The summed E-state index contributed by atoms with van der Waals surface area (Å²) in [6, 6.07) is 17.3. The number of carbonyl (C=O) groups is 4. The molecular formula is C38H40Cl2F3N9O6. The number of nitrogens with zero attached hydrogens (tertiary/aromatic N) is 4. The molecule has 3 aromatic carbocycles. The van der Waals surface area contributed by atoms with Gasteiger partial charge in [-0.3, -0.25) is 19.2 Å². The number of amides is 3. The Morgan fingerprint density at radius 3 is 2.21 bits per heavy atom. The Labute approximate surface area is 341 Å². The van der Waals surface area contributed by atoms with E-state index in [-0.39, 0.29) is 17.5 Å². The van der Waals surface area contributed by atoms with Crippen LogP contribution in [0.5, 0.6) is 11.8 Å². The summed E-state index contributed by atoms with van der Waals surface area (Å²) in [6.07, 6.45) is -3.24. The zero-order chi connectivity index (χ0) is 41.9. The predicted octanol–water partition coefficient (Wildman–Crippen LogP) is 5.65. The van der Waals surface area contributed by atoms with Crippen molar-refractivity contribution in [3.8, 4) is 11.8 Å². The molecule has 0 radical (unpaired) electrons. The highest BCUT2D eigenvalue weighted by molar-refractivity contribution is 6.65. The van der Waals surface area contributed by atoms with E-state index in [1.807, 2.05) is 12.1 Å². The Kier molecular flexibility index (Phi) is 14.7. The van der Waals surface area contributed by atoms with Crippen molar-refractivity contribution in [1.29, 1.82) is 0 Å². The van der Waals surface area contributed by atoms with E-state index in [1.165, 1.54) is 24.3 Å². The Bertz CT molecular complexity index is 2070. The standard InChI is InChI=1S/C38H40Cl2F3N9O6/c1-3-52(4-2)18-19-57-28-7-5-6-27(20-28)45-33(56)32(55)44-21-29(30(40)53)47-31(54)23-8-14-26(15-9-23)46-34-48-35(50-36(49-34)58-22-38(41,42)43)51-37(16-17-37)24-10-12-25(39)13-11-24/h5-15,20,29H,3-4,16-19,21-22H2,1-2H3,(H,44,55)(H,45,56)(H,47,54)(H2,46,48,49,50,51)/t29-/m0/s1. The van der Waals surface area contributed by atoms with Crippen LogP contribution in [0, 0.1) is 0 Å². The average molecular weight is 847 g/mol. The molecule has 308 valence electrons. The van der Waals surface area contributed by atoms with E-state index in [0.29, 0.717) is 41.6 Å². The molecule has 15 nitrogen and oxygen atoms in total. The molecule has 1 aliphatic rings. The second-order valence-electron chi connectivity index (χ2n) is 13.0. The van der Waals surface area contributed by atoms with Crippen molar-refractivity contribution in [2.75, 3.05) is 55.3 Å². The smallest absolute Gasteiger partial charge is 0.422 e. The van der Waals surface area contributed by atoms with Crippen LogP contribution >= 0.6 is 23.2 Å². The number of ether oxygens (including phenoxy) is 2. The van der Waals surface area contributed by atoms with Gasteiger partial charge in [-0.2, -0.15) is 28.1 Å². The Hall–Kier alpha value is -5.72. The highest BCUT2D eigenvalue weighted by atomic mass is 35.5. The van der Waals surface area contributed by atoms with E-state index in [9.17, 15) is 32.3 Å². The van der Waals surface area contributed by atoms with Crippen molar-refractivity contribution in [2.45, 2.75) is 44.4 Å². The van der Waals surface area contributed by atoms with Gasteiger partial charge in [0.2, 0.25) is 17.1 Å². The Balaban J connectivity index is 1.17. The van der Waals surface area contributed by atoms with Gasteiger partial charge in [0, 0.05) is 41.1 Å². The second kappa shape index (κ2) is 19.6. The molecule has 0 spiro atoms. The zero-order valence-corrected chi connectivity index (χ0v) is 32.8. The SMILES string of the molecule is CCN(CC)CCOc1cccc(NC(=O)C(=O)NC[C@H](NC(=O)c2ccc(Nc3nc(NC4(c5ccc(Cl)cc5)CC4)nc(OCC(F)(F)F)n3)cc2)C(=O)Cl)c1. The van der Waals surface area contributed by atoms with E-state index in [4.69, 9.17) is 32.7 Å². The highest BCUT2D eigenvalue weighted by Crippen LogP contribution is 2.48. The average Bonchev–Trinajstić information content (AvgIpc) is 3.97. The Morgan fingerprint density at radius 1 is 0.879 bits per heavy atom. The normalized spacial score (nSPS) is 13.5. The molecular weight excluding hydrogens is 806 g/mol. The van der Waals surface area contributed by atoms with Crippen molar-refractivity contribution in [2.24, 2.45) is 0 Å². The molecule has 5 N–H and O–H groups in total. The maximum Gasteiger partial charge on any atom is 0.422 e. The van der Waals surface area contributed by atoms with Gasteiger partial charge in [-0.15, -0.1) is 0 Å². The molecule has 1 fully saturated rings. The number of halogens is 5. The fourth-order valence-electron chi connectivity index (χ4n) is 5.50. The largest absolute Gasteiger partial charge is 0.492 e. The van der Waals surface area contributed by atoms with Gasteiger partial charge in [0.05, 0.1) is 5.54 Å². The minimum atomic E-state index is -4.65. The van der Waals surface area contributed by atoms with Gasteiger partial charge in [0.1, 0.15) is 18.4 Å². The number of carbonyl (C=O) groups excluding carboxylic acids is 4. The first-order valence-electron chi connectivity index (χ1n) is 18.1. The minimum absolute atomic E-state index is 0.0415.